The molecule has 0 bridgehead atoms. The summed E-state index contributed by atoms with van der Waals surface area (Å²) in [5.74, 6) is 0.0874. The van der Waals surface area contributed by atoms with E-state index >= 15 is 0 Å². The molecule has 1 saturated heterocycles. The van der Waals surface area contributed by atoms with Gasteiger partial charge in [-0.05, 0) is 42.0 Å². The average Bonchev–Trinajstić information content (AvgIpc) is 2.58. The third-order valence-corrected chi connectivity index (χ3v) is 4.16. The molecule has 3 rings (SSSR count). The van der Waals surface area contributed by atoms with Gasteiger partial charge in [-0.3, -0.25) is 9.69 Å². The quantitative estimate of drug-likeness (QED) is 0.835. The number of amides is 1. The fourth-order valence-corrected chi connectivity index (χ4v) is 2.80. The molecule has 6 heteroatoms. The molecule has 1 amide bonds. The van der Waals surface area contributed by atoms with Crippen LogP contribution in [-0.2, 0) is 9.53 Å². The third-order valence-electron chi connectivity index (χ3n) is 3.91. The number of phenols is 1. The highest BCUT2D eigenvalue weighted by molar-refractivity contribution is 6.30. The zero-order valence-corrected chi connectivity index (χ0v) is 13.9. The van der Waals surface area contributed by atoms with E-state index in [2.05, 4.69) is 10.2 Å². The second kappa shape index (κ2) is 7.66. The summed E-state index contributed by atoms with van der Waals surface area (Å²) in [6.07, 6.45) is -0.0579. The second-order valence-corrected chi connectivity index (χ2v) is 6.18. The molecule has 1 aliphatic rings. The molecule has 0 unspecified atom stereocenters. The largest absolute Gasteiger partial charge is 0.508 e. The van der Waals surface area contributed by atoms with Gasteiger partial charge in [0, 0.05) is 23.8 Å². The lowest BCUT2D eigenvalue weighted by Crippen LogP contribution is -2.42. The lowest BCUT2D eigenvalue weighted by atomic mass is 10.1. The summed E-state index contributed by atoms with van der Waals surface area (Å²) in [5, 5.41) is 12.8. The third kappa shape index (κ3) is 4.47. The molecule has 126 valence electrons. The Morgan fingerprint density at radius 1 is 1.21 bits per heavy atom. The van der Waals surface area contributed by atoms with E-state index in [1.54, 1.807) is 24.3 Å². The number of morpholine rings is 1. The van der Waals surface area contributed by atoms with E-state index in [9.17, 15) is 9.90 Å². The summed E-state index contributed by atoms with van der Waals surface area (Å²) in [6, 6.07) is 14.0. The van der Waals surface area contributed by atoms with Crippen molar-refractivity contribution in [2.75, 3.05) is 31.6 Å². The van der Waals surface area contributed by atoms with Crippen molar-refractivity contribution in [3.63, 3.8) is 0 Å². The van der Waals surface area contributed by atoms with Crippen molar-refractivity contribution in [1.82, 2.24) is 4.90 Å². The summed E-state index contributed by atoms with van der Waals surface area (Å²) in [4.78, 5) is 14.2. The zero-order valence-electron chi connectivity index (χ0n) is 13.1. The van der Waals surface area contributed by atoms with Gasteiger partial charge in [-0.15, -0.1) is 0 Å². The van der Waals surface area contributed by atoms with Gasteiger partial charge >= 0.3 is 0 Å². The maximum absolute atomic E-state index is 12.2. The van der Waals surface area contributed by atoms with Crippen molar-refractivity contribution < 1.29 is 14.6 Å². The van der Waals surface area contributed by atoms with Crippen LogP contribution in [0.4, 0.5) is 5.69 Å². The van der Waals surface area contributed by atoms with Crippen molar-refractivity contribution in [2.24, 2.45) is 0 Å². The first-order valence-corrected chi connectivity index (χ1v) is 8.16. The van der Waals surface area contributed by atoms with Crippen LogP contribution in [-0.4, -0.2) is 42.2 Å². The topological polar surface area (TPSA) is 61.8 Å². The van der Waals surface area contributed by atoms with Gasteiger partial charge < -0.3 is 15.2 Å². The number of ether oxygens (including phenoxy) is 1. The molecule has 0 saturated carbocycles. The summed E-state index contributed by atoms with van der Waals surface area (Å²) < 4.78 is 5.80. The summed E-state index contributed by atoms with van der Waals surface area (Å²) >= 11 is 5.92. The molecule has 2 aromatic rings. The monoisotopic (exact) mass is 346 g/mol. The van der Waals surface area contributed by atoms with Gasteiger partial charge in [0.05, 0.1) is 19.3 Å². The maximum atomic E-state index is 12.2. The normalized spacial score (nSPS) is 18.3. The minimum atomic E-state index is -0.0857. The Bertz CT molecular complexity index is 688. The Morgan fingerprint density at radius 3 is 2.62 bits per heavy atom. The number of aromatic hydroxyl groups is 1. The minimum Gasteiger partial charge on any atom is -0.508 e. The molecule has 5 nitrogen and oxygen atoms in total. The number of rotatable bonds is 4. The number of halogens is 1. The number of nitrogens with one attached hydrogen (secondary N) is 1. The summed E-state index contributed by atoms with van der Waals surface area (Å²) in [6.45, 7) is 2.26. The molecule has 1 fully saturated rings. The zero-order chi connectivity index (χ0) is 16.9. The van der Waals surface area contributed by atoms with Crippen LogP contribution in [0, 0.1) is 0 Å². The Kier molecular flexibility index (Phi) is 5.35. The van der Waals surface area contributed by atoms with Gasteiger partial charge in [-0.1, -0.05) is 23.7 Å². The molecule has 1 atom stereocenters. The number of anilines is 1. The van der Waals surface area contributed by atoms with Gasteiger partial charge in [0.15, 0.2) is 0 Å². The smallest absolute Gasteiger partial charge is 0.238 e. The van der Waals surface area contributed by atoms with E-state index < -0.39 is 0 Å². The Morgan fingerprint density at radius 2 is 1.92 bits per heavy atom. The van der Waals surface area contributed by atoms with Gasteiger partial charge in [0.25, 0.3) is 0 Å². The molecule has 2 N–H and O–H groups in total. The van der Waals surface area contributed by atoms with Gasteiger partial charge in [-0.25, -0.2) is 0 Å². The predicted molar refractivity (Wildman–Crippen MR) is 93.3 cm³/mol. The van der Waals surface area contributed by atoms with E-state index in [0.717, 1.165) is 5.56 Å². The predicted octanol–water partition coefficient (Wildman–Crippen LogP) is 3.06. The SMILES string of the molecule is O=C(CN1CCO[C@H](c2ccc(Cl)cc2)C1)Nc1ccc(O)cc1. The molecule has 0 aliphatic carbocycles. The second-order valence-electron chi connectivity index (χ2n) is 5.74. The van der Waals surface area contributed by atoms with E-state index in [0.29, 0.717) is 37.0 Å². The lowest BCUT2D eigenvalue weighted by Gasteiger charge is -2.32. The molecular weight excluding hydrogens is 328 g/mol. The van der Waals surface area contributed by atoms with E-state index in [1.807, 2.05) is 24.3 Å². The van der Waals surface area contributed by atoms with Crippen LogP contribution in [0.15, 0.2) is 48.5 Å². The number of carbonyl (C=O) groups is 1. The summed E-state index contributed by atoms with van der Waals surface area (Å²) in [5.41, 5.74) is 1.73. The number of hydrogen-bond donors (Lipinski definition) is 2. The van der Waals surface area contributed by atoms with Crippen molar-refractivity contribution in [3.05, 3.63) is 59.1 Å². The molecule has 0 spiro atoms. The fourth-order valence-electron chi connectivity index (χ4n) is 2.67. The Labute approximate surface area is 145 Å². The van der Waals surface area contributed by atoms with E-state index in [-0.39, 0.29) is 17.8 Å². The minimum absolute atomic E-state index is 0.0579. The lowest BCUT2D eigenvalue weighted by molar-refractivity contribution is -0.119. The first-order chi connectivity index (χ1) is 11.6. The average molecular weight is 347 g/mol. The van der Waals surface area contributed by atoms with E-state index in [4.69, 9.17) is 16.3 Å². The van der Waals surface area contributed by atoms with Crippen LogP contribution in [0.1, 0.15) is 11.7 Å². The molecule has 0 aromatic heterocycles. The molecule has 1 aliphatic heterocycles. The van der Waals surface area contributed by atoms with Crippen LogP contribution in [0.3, 0.4) is 0 Å². The van der Waals surface area contributed by atoms with E-state index in [1.165, 1.54) is 0 Å². The fraction of sp³-hybridized carbons (Fsp3) is 0.278. The highest BCUT2D eigenvalue weighted by atomic mass is 35.5. The number of benzene rings is 2. The van der Waals surface area contributed by atoms with Crippen LogP contribution in [0.25, 0.3) is 0 Å². The Balaban J connectivity index is 1.55. The number of hydrogen-bond acceptors (Lipinski definition) is 4. The first-order valence-electron chi connectivity index (χ1n) is 7.78. The van der Waals surface area contributed by atoms with Crippen LogP contribution >= 0.6 is 11.6 Å². The van der Waals surface area contributed by atoms with Crippen LogP contribution < -0.4 is 5.32 Å². The highest BCUT2D eigenvalue weighted by Gasteiger charge is 2.23. The first kappa shape index (κ1) is 16.8. The van der Waals surface area contributed by atoms with Crippen molar-refractivity contribution in [1.29, 1.82) is 0 Å². The van der Waals surface area contributed by atoms with Gasteiger partial charge in [0.2, 0.25) is 5.91 Å². The Hall–Kier alpha value is -2.08. The molecule has 24 heavy (non-hydrogen) atoms. The standard InChI is InChI=1S/C18H19ClN2O3/c19-14-3-1-13(2-4-14)17-11-21(9-10-24-17)12-18(23)20-15-5-7-16(22)8-6-15/h1-8,17,22H,9-12H2,(H,20,23)/t17-/m0/s1. The summed E-state index contributed by atoms with van der Waals surface area (Å²) in [7, 11) is 0. The van der Waals surface area contributed by atoms with Gasteiger partial charge in [0.1, 0.15) is 5.75 Å². The van der Waals surface area contributed by atoms with Gasteiger partial charge in [-0.2, -0.15) is 0 Å². The van der Waals surface area contributed by atoms with Crippen LogP contribution in [0.5, 0.6) is 5.75 Å². The molecular formula is C18H19ClN2O3. The highest BCUT2D eigenvalue weighted by Crippen LogP contribution is 2.23. The maximum Gasteiger partial charge on any atom is 0.238 e. The number of phenolic OH excluding ortho intramolecular Hbond substituents is 1. The molecule has 0 radical (unpaired) electrons. The van der Waals surface area contributed by atoms with Crippen LogP contribution in [0.2, 0.25) is 5.02 Å². The molecule has 1 heterocycles. The van der Waals surface area contributed by atoms with Crippen molar-refractivity contribution >= 4 is 23.2 Å². The van der Waals surface area contributed by atoms with Crippen molar-refractivity contribution in [2.45, 2.75) is 6.10 Å². The van der Waals surface area contributed by atoms with Crippen molar-refractivity contribution in [3.8, 4) is 5.75 Å². The number of nitrogens with zero attached hydrogens (tertiary/aromatic N) is 1. The number of carbonyl (C=O) groups excluding carboxylic acids is 1. The molecule has 2 aromatic carbocycles.